The molecule has 2 N–H and O–H groups in total. The van der Waals surface area contributed by atoms with E-state index in [1.54, 1.807) is 18.4 Å². The van der Waals surface area contributed by atoms with Crippen molar-refractivity contribution in [3.05, 3.63) is 45.4 Å². The second-order valence-corrected chi connectivity index (χ2v) is 6.58. The van der Waals surface area contributed by atoms with Crippen LogP contribution in [-0.4, -0.2) is 12.1 Å². The first-order valence-electron chi connectivity index (χ1n) is 6.97. The van der Waals surface area contributed by atoms with Gasteiger partial charge in [0.15, 0.2) is 0 Å². The van der Waals surface area contributed by atoms with Crippen molar-refractivity contribution >= 4 is 11.3 Å². The molecule has 0 radical (unpaired) electrons. The minimum absolute atomic E-state index is 0.440. The van der Waals surface area contributed by atoms with E-state index in [0.29, 0.717) is 5.92 Å². The van der Waals surface area contributed by atoms with Crippen LogP contribution in [0, 0.1) is 0 Å². The summed E-state index contributed by atoms with van der Waals surface area (Å²) in [5.41, 5.74) is 9.88. The molecule has 3 rings (SSSR count). The molecule has 0 aliphatic heterocycles. The molecule has 2 aromatic rings. The van der Waals surface area contributed by atoms with Gasteiger partial charge in [-0.25, -0.2) is 4.98 Å². The minimum atomic E-state index is -0.457. The summed E-state index contributed by atoms with van der Waals surface area (Å²) in [6, 6.07) is 6.20. The molecule has 20 heavy (non-hydrogen) atoms. The van der Waals surface area contributed by atoms with Crippen molar-refractivity contribution in [3.8, 4) is 5.75 Å². The van der Waals surface area contributed by atoms with Crippen molar-refractivity contribution in [2.75, 3.05) is 7.11 Å². The number of aromatic nitrogens is 1. The number of hydrogen-bond acceptors (Lipinski definition) is 4. The summed E-state index contributed by atoms with van der Waals surface area (Å²) in [4.78, 5) is 4.77. The van der Waals surface area contributed by atoms with Crippen molar-refractivity contribution < 1.29 is 4.74 Å². The van der Waals surface area contributed by atoms with Crippen molar-refractivity contribution in [2.45, 2.75) is 38.1 Å². The van der Waals surface area contributed by atoms with Gasteiger partial charge in [-0.05, 0) is 42.0 Å². The number of benzene rings is 1. The van der Waals surface area contributed by atoms with E-state index in [9.17, 15) is 0 Å². The van der Waals surface area contributed by atoms with Gasteiger partial charge < -0.3 is 10.5 Å². The molecule has 0 spiro atoms. The summed E-state index contributed by atoms with van der Waals surface area (Å²) in [6.07, 6.45) is 1.92. The third kappa shape index (κ3) is 2.03. The number of hydrogen-bond donors (Lipinski definition) is 1. The molecule has 1 aromatic carbocycles. The Balaban J connectivity index is 2.06. The van der Waals surface area contributed by atoms with Gasteiger partial charge in [-0.1, -0.05) is 19.9 Å². The lowest BCUT2D eigenvalue weighted by molar-refractivity contribution is 0.412. The summed E-state index contributed by atoms with van der Waals surface area (Å²) >= 11 is 1.67. The summed E-state index contributed by atoms with van der Waals surface area (Å²) in [7, 11) is 1.69. The first kappa shape index (κ1) is 13.6. The van der Waals surface area contributed by atoms with E-state index in [1.807, 2.05) is 6.07 Å². The largest absolute Gasteiger partial charge is 0.497 e. The highest BCUT2D eigenvalue weighted by molar-refractivity contribution is 7.09. The Bertz CT molecular complexity index is 635. The van der Waals surface area contributed by atoms with Crippen LogP contribution in [0.25, 0.3) is 0 Å². The Labute approximate surface area is 123 Å². The number of ether oxygens (including phenoxy) is 1. The minimum Gasteiger partial charge on any atom is -0.497 e. The highest BCUT2D eigenvalue weighted by atomic mass is 32.1. The molecular formula is C16H20N2OS. The van der Waals surface area contributed by atoms with E-state index in [-0.39, 0.29) is 0 Å². The normalized spacial score (nSPS) is 21.2. The van der Waals surface area contributed by atoms with Crippen molar-refractivity contribution in [3.63, 3.8) is 0 Å². The smallest absolute Gasteiger partial charge is 0.119 e. The molecule has 1 aliphatic carbocycles. The third-order valence-electron chi connectivity index (χ3n) is 4.08. The van der Waals surface area contributed by atoms with Gasteiger partial charge in [0.2, 0.25) is 0 Å². The van der Waals surface area contributed by atoms with Gasteiger partial charge in [-0.2, -0.15) is 0 Å². The summed E-state index contributed by atoms with van der Waals surface area (Å²) in [5.74, 6) is 1.30. The number of methoxy groups -OCH3 is 1. The molecule has 4 heteroatoms. The van der Waals surface area contributed by atoms with E-state index in [1.165, 1.54) is 11.1 Å². The monoisotopic (exact) mass is 288 g/mol. The maximum absolute atomic E-state index is 6.72. The lowest BCUT2D eigenvalue weighted by Gasteiger charge is -2.23. The molecule has 106 valence electrons. The second kappa shape index (κ2) is 4.86. The predicted molar refractivity (Wildman–Crippen MR) is 82.5 cm³/mol. The fourth-order valence-corrected chi connectivity index (χ4v) is 3.90. The molecule has 1 aromatic heterocycles. The van der Waals surface area contributed by atoms with Crippen LogP contribution in [0.5, 0.6) is 5.75 Å². The topological polar surface area (TPSA) is 48.1 Å². The van der Waals surface area contributed by atoms with Crippen LogP contribution in [0.2, 0.25) is 0 Å². The predicted octanol–water partition coefficient (Wildman–Crippen LogP) is 3.42. The van der Waals surface area contributed by atoms with Crippen LogP contribution >= 0.6 is 11.3 Å². The van der Waals surface area contributed by atoms with Crippen molar-refractivity contribution in [1.29, 1.82) is 0 Å². The first-order valence-corrected chi connectivity index (χ1v) is 7.84. The maximum atomic E-state index is 6.72. The average Bonchev–Trinajstić information content (AvgIpc) is 3.05. The Morgan fingerprint density at radius 3 is 2.85 bits per heavy atom. The van der Waals surface area contributed by atoms with Crippen LogP contribution in [0.1, 0.15) is 48.0 Å². The zero-order valence-electron chi connectivity index (χ0n) is 12.1. The van der Waals surface area contributed by atoms with Gasteiger partial charge in [0.25, 0.3) is 0 Å². The Hall–Kier alpha value is -1.39. The summed E-state index contributed by atoms with van der Waals surface area (Å²) in [6.45, 7) is 4.32. The molecule has 1 heterocycles. The Kier molecular flexibility index (Phi) is 3.30. The molecule has 0 saturated carbocycles. The van der Waals surface area contributed by atoms with Gasteiger partial charge in [0.1, 0.15) is 10.8 Å². The molecular weight excluding hydrogens is 268 g/mol. The van der Waals surface area contributed by atoms with E-state index in [2.05, 4.69) is 31.4 Å². The lowest BCUT2D eigenvalue weighted by Crippen LogP contribution is -2.35. The van der Waals surface area contributed by atoms with Gasteiger partial charge in [0, 0.05) is 5.38 Å². The molecule has 0 fully saturated rings. The maximum Gasteiger partial charge on any atom is 0.119 e. The van der Waals surface area contributed by atoms with Gasteiger partial charge in [-0.3, -0.25) is 0 Å². The van der Waals surface area contributed by atoms with Gasteiger partial charge >= 0.3 is 0 Å². The number of nitrogens with zero attached hydrogens (tertiary/aromatic N) is 1. The molecule has 0 saturated heterocycles. The SMILES string of the molecule is COc1ccc2c(c1)C(N)(c1nc(C(C)C)cs1)CC2. The van der Waals surface area contributed by atoms with E-state index in [4.69, 9.17) is 15.5 Å². The number of rotatable bonds is 3. The quantitative estimate of drug-likeness (QED) is 0.941. The Morgan fingerprint density at radius 1 is 1.40 bits per heavy atom. The first-order chi connectivity index (χ1) is 9.54. The van der Waals surface area contributed by atoms with E-state index in [0.717, 1.165) is 29.3 Å². The van der Waals surface area contributed by atoms with Crippen LogP contribution < -0.4 is 10.5 Å². The fourth-order valence-electron chi connectivity index (χ4n) is 2.76. The van der Waals surface area contributed by atoms with Crippen molar-refractivity contribution in [1.82, 2.24) is 4.98 Å². The highest BCUT2D eigenvalue weighted by Crippen LogP contribution is 2.42. The number of aryl methyl sites for hydroxylation is 1. The van der Waals surface area contributed by atoms with E-state index >= 15 is 0 Å². The van der Waals surface area contributed by atoms with Gasteiger partial charge in [-0.15, -0.1) is 11.3 Å². The van der Waals surface area contributed by atoms with Gasteiger partial charge in [0.05, 0.1) is 18.3 Å². The number of nitrogens with two attached hydrogens (primary N) is 1. The standard InChI is InChI=1S/C16H20N2OS/c1-10(2)14-9-20-15(18-14)16(17)7-6-11-4-5-12(19-3)8-13(11)16/h4-5,8-10H,6-7,17H2,1-3H3. The number of thiazole rings is 1. The van der Waals surface area contributed by atoms with Crippen LogP contribution in [0.4, 0.5) is 0 Å². The van der Waals surface area contributed by atoms with Crippen molar-refractivity contribution in [2.24, 2.45) is 5.73 Å². The molecule has 1 aliphatic rings. The van der Waals surface area contributed by atoms with Crippen LogP contribution in [-0.2, 0) is 12.0 Å². The average molecular weight is 288 g/mol. The lowest BCUT2D eigenvalue weighted by atomic mass is 9.93. The third-order valence-corrected chi connectivity index (χ3v) is 5.12. The van der Waals surface area contributed by atoms with Crippen LogP contribution in [0.15, 0.2) is 23.6 Å². The fraction of sp³-hybridized carbons (Fsp3) is 0.438. The molecule has 0 bridgehead atoms. The highest BCUT2D eigenvalue weighted by Gasteiger charge is 2.39. The second-order valence-electron chi connectivity index (χ2n) is 5.73. The van der Waals surface area contributed by atoms with Crippen LogP contribution in [0.3, 0.4) is 0 Å². The molecule has 1 atom stereocenters. The summed E-state index contributed by atoms with van der Waals surface area (Å²) in [5, 5.41) is 3.15. The molecule has 0 amide bonds. The Morgan fingerprint density at radius 2 is 2.20 bits per heavy atom. The molecule has 3 nitrogen and oxygen atoms in total. The zero-order chi connectivity index (χ0) is 14.3. The zero-order valence-corrected chi connectivity index (χ0v) is 13.0. The number of fused-ring (bicyclic) bond motifs is 1. The summed E-state index contributed by atoms with van der Waals surface area (Å²) < 4.78 is 5.34. The molecule has 1 unspecified atom stereocenters. The van der Waals surface area contributed by atoms with E-state index < -0.39 is 5.54 Å².